The van der Waals surface area contributed by atoms with E-state index in [1.54, 1.807) is 12.4 Å². The van der Waals surface area contributed by atoms with Crippen LogP contribution in [0.4, 0.5) is 0 Å². The van der Waals surface area contributed by atoms with Crippen molar-refractivity contribution < 1.29 is 4.79 Å². The Morgan fingerprint density at radius 2 is 2.12 bits per heavy atom. The summed E-state index contributed by atoms with van der Waals surface area (Å²) < 4.78 is 1.92. The van der Waals surface area contributed by atoms with Gasteiger partial charge in [0.05, 0.1) is 18.4 Å². The first kappa shape index (κ1) is 14.6. The van der Waals surface area contributed by atoms with E-state index in [4.69, 9.17) is 4.98 Å². The Balaban J connectivity index is 1.96. The highest BCUT2D eigenvalue weighted by atomic mass is 16.2. The number of carbonyl (C=O) groups excluding carboxylic acids is 1. The Kier molecular flexibility index (Phi) is 3.37. The van der Waals surface area contributed by atoms with Crippen LogP contribution in [0.15, 0.2) is 36.7 Å². The Bertz CT molecular complexity index is 944. The summed E-state index contributed by atoms with van der Waals surface area (Å²) in [7, 11) is 0. The summed E-state index contributed by atoms with van der Waals surface area (Å²) in [5.41, 5.74) is 5.01. The average Bonchev–Trinajstić information content (AvgIpc) is 2.98. The number of pyridine rings is 1. The van der Waals surface area contributed by atoms with Crippen LogP contribution in [0.2, 0.25) is 0 Å². The van der Waals surface area contributed by atoms with Crippen LogP contribution in [0.5, 0.6) is 0 Å². The molecular formula is C18H17N5O. The molecule has 1 N–H and O–H groups in total. The van der Waals surface area contributed by atoms with Gasteiger partial charge in [-0.2, -0.15) is 0 Å². The number of hydrogen-bond donors (Lipinski definition) is 1. The molecule has 1 amide bonds. The summed E-state index contributed by atoms with van der Waals surface area (Å²) in [4.78, 5) is 26.0. The molecule has 0 fully saturated rings. The van der Waals surface area contributed by atoms with E-state index >= 15 is 0 Å². The first-order valence-electron chi connectivity index (χ1n) is 7.96. The molecule has 120 valence electrons. The van der Waals surface area contributed by atoms with Crippen molar-refractivity contribution in [2.24, 2.45) is 0 Å². The lowest BCUT2D eigenvalue weighted by atomic mass is 10.1. The molecule has 6 heteroatoms. The lowest BCUT2D eigenvalue weighted by Gasteiger charge is -2.13. The van der Waals surface area contributed by atoms with Crippen molar-refractivity contribution in [1.82, 2.24) is 24.8 Å². The van der Waals surface area contributed by atoms with Crippen molar-refractivity contribution in [3.63, 3.8) is 0 Å². The predicted molar refractivity (Wildman–Crippen MR) is 89.9 cm³/mol. The number of amides is 1. The molecule has 0 spiro atoms. The van der Waals surface area contributed by atoms with Crippen molar-refractivity contribution in [3.8, 4) is 17.1 Å². The topological polar surface area (TPSA) is 72.7 Å². The SMILES string of the molecule is CCc1ccc2n1-c1nc(-c3cccnc3C)cnc1CNC2=O. The number of nitrogens with one attached hydrogen (secondary N) is 1. The second kappa shape index (κ2) is 5.56. The van der Waals surface area contributed by atoms with Crippen LogP contribution in [0, 0.1) is 6.92 Å². The third-order valence-electron chi connectivity index (χ3n) is 4.29. The molecule has 6 nitrogen and oxygen atoms in total. The van der Waals surface area contributed by atoms with Crippen molar-refractivity contribution >= 4 is 5.91 Å². The van der Waals surface area contributed by atoms with Gasteiger partial charge in [-0.3, -0.25) is 19.3 Å². The van der Waals surface area contributed by atoms with Crippen molar-refractivity contribution in [3.05, 3.63) is 59.4 Å². The average molecular weight is 319 g/mol. The van der Waals surface area contributed by atoms with Crippen LogP contribution in [-0.2, 0) is 13.0 Å². The lowest BCUT2D eigenvalue weighted by molar-refractivity contribution is 0.0946. The minimum absolute atomic E-state index is 0.103. The molecule has 1 aliphatic heterocycles. The molecule has 24 heavy (non-hydrogen) atoms. The lowest BCUT2D eigenvalue weighted by Crippen LogP contribution is -2.22. The maximum absolute atomic E-state index is 12.3. The van der Waals surface area contributed by atoms with E-state index in [9.17, 15) is 4.79 Å². The predicted octanol–water partition coefficient (Wildman–Crippen LogP) is 2.44. The molecule has 0 aromatic carbocycles. The quantitative estimate of drug-likeness (QED) is 0.787. The second-order valence-corrected chi connectivity index (χ2v) is 5.74. The Hall–Kier alpha value is -3.02. The van der Waals surface area contributed by atoms with Crippen molar-refractivity contribution in [1.29, 1.82) is 0 Å². The van der Waals surface area contributed by atoms with Gasteiger partial charge >= 0.3 is 0 Å². The molecule has 0 saturated carbocycles. The zero-order chi connectivity index (χ0) is 16.7. The summed E-state index contributed by atoms with van der Waals surface area (Å²) in [5, 5.41) is 2.89. The maximum Gasteiger partial charge on any atom is 0.268 e. The molecule has 4 heterocycles. The molecular weight excluding hydrogens is 302 g/mol. The van der Waals surface area contributed by atoms with Crippen LogP contribution in [0.1, 0.15) is 34.5 Å². The minimum Gasteiger partial charge on any atom is -0.345 e. The third kappa shape index (κ3) is 2.19. The van der Waals surface area contributed by atoms with E-state index in [1.165, 1.54) is 0 Å². The highest BCUT2D eigenvalue weighted by Crippen LogP contribution is 2.25. The van der Waals surface area contributed by atoms with E-state index in [1.807, 2.05) is 35.8 Å². The van der Waals surface area contributed by atoms with E-state index in [-0.39, 0.29) is 5.91 Å². The maximum atomic E-state index is 12.3. The van der Waals surface area contributed by atoms with Gasteiger partial charge in [0.2, 0.25) is 0 Å². The normalized spacial score (nSPS) is 13.0. The number of aryl methyl sites for hydroxylation is 2. The fourth-order valence-electron chi connectivity index (χ4n) is 3.03. The molecule has 3 aromatic heterocycles. The Morgan fingerprint density at radius 3 is 2.92 bits per heavy atom. The fraction of sp³-hybridized carbons (Fsp3) is 0.222. The van der Waals surface area contributed by atoms with Crippen LogP contribution in [0.25, 0.3) is 17.1 Å². The highest BCUT2D eigenvalue weighted by Gasteiger charge is 2.24. The molecule has 3 aromatic rings. The van der Waals surface area contributed by atoms with E-state index < -0.39 is 0 Å². The number of rotatable bonds is 2. The van der Waals surface area contributed by atoms with Gasteiger partial charge in [-0.25, -0.2) is 4.98 Å². The number of carbonyl (C=O) groups is 1. The molecule has 0 radical (unpaired) electrons. The number of hydrogen-bond acceptors (Lipinski definition) is 4. The fourth-order valence-corrected chi connectivity index (χ4v) is 3.03. The van der Waals surface area contributed by atoms with Gasteiger partial charge in [0.15, 0.2) is 5.82 Å². The summed E-state index contributed by atoms with van der Waals surface area (Å²) in [6.07, 6.45) is 4.32. The third-order valence-corrected chi connectivity index (χ3v) is 4.29. The highest BCUT2D eigenvalue weighted by molar-refractivity contribution is 5.94. The van der Waals surface area contributed by atoms with Gasteiger partial charge < -0.3 is 5.32 Å². The molecule has 0 bridgehead atoms. The summed E-state index contributed by atoms with van der Waals surface area (Å²) in [6, 6.07) is 7.68. The first-order chi connectivity index (χ1) is 11.7. The van der Waals surface area contributed by atoms with E-state index in [0.717, 1.165) is 34.8 Å². The Labute approximate surface area is 139 Å². The number of aromatic nitrogens is 4. The van der Waals surface area contributed by atoms with Gasteiger partial charge in [0.25, 0.3) is 5.91 Å². The van der Waals surface area contributed by atoms with Crippen LogP contribution < -0.4 is 5.32 Å². The number of fused-ring (bicyclic) bond motifs is 3. The summed E-state index contributed by atoms with van der Waals surface area (Å²) >= 11 is 0. The zero-order valence-electron chi connectivity index (χ0n) is 13.6. The summed E-state index contributed by atoms with van der Waals surface area (Å²) in [5.74, 6) is 0.611. The van der Waals surface area contributed by atoms with Gasteiger partial charge in [-0.05, 0) is 37.6 Å². The van der Waals surface area contributed by atoms with Gasteiger partial charge in [-0.15, -0.1) is 0 Å². The monoisotopic (exact) mass is 319 g/mol. The van der Waals surface area contributed by atoms with Crippen molar-refractivity contribution in [2.75, 3.05) is 0 Å². The molecule has 0 aliphatic carbocycles. The first-order valence-corrected chi connectivity index (χ1v) is 7.96. The van der Waals surface area contributed by atoms with Crippen LogP contribution >= 0.6 is 0 Å². The van der Waals surface area contributed by atoms with E-state index in [2.05, 4.69) is 22.2 Å². The molecule has 4 rings (SSSR count). The Morgan fingerprint density at radius 1 is 1.25 bits per heavy atom. The standard InChI is InChI=1S/C18H17N5O/c1-3-12-6-7-16-18(24)21-10-15-17(23(12)16)22-14(9-20-15)13-5-4-8-19-11(13)2/h4-9H,3,10H2,1-2H3,(H,21,24). The van der Waals surface area contributed by atoms with Gasteiger partial charge in [-0.1, -0.05) is 6.92 Å². The van der Waals surface area contributed by atoms with Crippen molar-refractivity contribution in [2.45, 2.75) is 26.8 Å². The van der Waals surface area contributed by atoms with Gasteiger partial charge in [0.1, 0.15) is 11.4 Å². The molecule has 1 aliphatic rings. The molecule has 0 atom stereocenters. The van der Waals surface area contributed by atoms with Crippen LogP contribution in [0.3, 0.4) is 0 Å². The number of nitrogens with zero attached hydrogens (tertiary/aromatic N) is 4. The van der Waals surface area contributed by atoms with E-state index in [0.29, 0.717) is 18.1 Å². The van der Waals surface area contributed by atoms with Crippen LogP contribution in [-0.4, -0.2) is 25.4 Å². The minimum atomic E-state index is -0.103. The largest absolute Gasteiger partial charge is 0.345 e. The molecule has 0 saturated heterocycles. The molecule has 0 unspecified atom stereocenters. The van der Waals surface area contributed by atoms with Gasteiger partial charge in [0, 0.05) is 23.1 Å². The summed E-state index contributed by atoms with van der Waals surface area (Å²) in [6.45, 7) is 4.39. The second-order valence-electron chi connectivity index (χ2n) is 5.74. The zero-order valence-corrected chi connectivity index (χ0v) is 13.6. The smallest absolute Gasteiger partial charge is 0.268 e.